The largest absolute Gasteiger partial charge is 0.494 e. The predicted octanol–water partition coefficient (Wildman–Crippen LogP) is 3.50. The average Bonchev–Trinajstić information content (AvgIpc) is 2.71. The summed E-state index contributed by atoms with van der Waals surface area (Å²) in [7, 11) is 1.37. The highest BCUT2D eigenvalue weighted by Crippen LogP contribution is 2.33. The van der Waals surface area contributed by atoms with E-state index in [1.54, 1.807) is 13.0 Å². The first-order valence-electron chi connectivity index (χ1n) is 8.73. The van der Waals surface area contributed by atoms with E-state index in [0.29, 0.717) is 22.4 Å². The zero-order chi connectivity index (χ0) is 21.0. The first kappa shape index (κ1) is 20.3. The Kier molecular flexibility index (Phi) is 6.08. The summed E-state index contributed by atoms with van der Waals surface area (Å²) in [5.74, 6) is -0.409. The van der Waals surface area contributed by atoms with Crippen molar-refractivity contribution < 1.29 is 28.3 Å². The predicted molar refractivity (Wildman–Crippen MR) is 102 cm³/mol. The second-order valence-corrected chi connectivity index (χ2v) is 6.35. The van der Waals surface area contributed by atoms with Gasteiger partial charge in [-0.15, -0.1) is 0 Å². The summed E-state index contributed by atoms with van der Waals surface area (Å²) in [6, 6.07) is 6.68. The molecular weight excluding hydrogens is 383 g/mol. The molecule has 29 heavy (non-hydrogen) atoms. The van der Waals surface area contributed by atoms with Crippen molar-refractivity contribution >= 4 is 17.7 Å². The number of amides is 1. The molecule has 0 aliphatic carbocycles. The van der Waals surface area contributed by atoms with E-state index < -0.39 is 22.7 Å². The Balaban J connectivity index is 1.76. The Morgan fingerprint density at radius 3 is 2.86 bits per heavy atom. The number of methoxy groups -OCH3 is 1. The quantitative estimate of drug-likeness (QED) is 0.451. The van der Waals surface area contributed by atoms with E-state index in [1.807, 2.05) is 0 Å². The molecule has 0 unspecified atom stereocenters. The molecule has 3 rings (SSSR count). The topological polar surface area (TPSA) is 99.9 Å². The van der Waals surface area contributed by atoms with Gasteiger partial charge >= 0.3 is 0 Å². The summed E-state index contributed by atoms with van der Waals surface area (Å²) >= 11 is 0. The molecule has 0 spiro atoms. The highest BCUT2D eigenvalue weighted by molar-refractivity contribution is 5.92. The second-order valence-electron chi connectivity index (χ2n) is 6.35. The minimum absolute atomic E-state index is 0.0257. The molecule has 0 bridgehead atoms. The minimum Gasteiger partial charge on any atom is -0.494 e. The summed E-state index contributed by atoms with van der Waals surface area (Å²) in [5, 5.41) is 13.8. The van der Waals surface area contributed by atoms with Crippen molar-refractivity contribution in [1.29, 1.82) is 0 Å². The van der Waals surface area contributed by atoms with Gasteiger partial charge in [0.15, 0.2) is 18.4 Å². The molecule has 1 aliphatic rings. The SMILES string of the molecule is COc1ccc([C@H](C)NC(=O)/C=C/c2cc([N+](=O)[O-])cc3c2OCOC3)cc1F. The van der Waals surface area contributed by atoms with Gasteiger partial charge in [-0.3, -0.25) is 14.9 Å². The molecule has 1 aliphatic heterocycles. The molecule has 0 radical (unpaired) electrons. The second kappa shape index (κ2) is 8.70. The fourth-order valence-corrected chi connectivity index (χ4v) is 2.92. The van der Waals surface area contributed by atoms with Gasteiger partial charge in [-0.2, -0.15) is 0 Å². The van der Waals surface area contributed by atoms with Crippen LogP contribution >= 0.6 is 0 Å². The Bertz CT molecular complexity index is 976. The van der Waals surface area contributed by atoms with Crippen LogP contribution in [-0.2, 0) is 16.1 Å². The van der Waals surface area contributed by atoms with Gasteiger partial charge in [0.25, 0.3) is 5.69 Å². The monoisotopic (exact) mass is 402 g/mol. The number of ether oxygens (including phenoxy) is 3. The number of hydrogen-bond acceptors (Lipinski definition) is 6. The third-order valence-corrected chi connectivity index (χ3v) is 4.38. The normalized spacial score (nSPS) is 14.0. The van der Waals surface area contributed by atoms with E-state index in [9.17, 15) is 19.3 Å². The molecule has 1 heterocycles. The Hall–Kier alpha value is -3.46. The van der Waals surface area contributed by atoms with Crippen LogP contribution in [0.25, 0.3) is 6.08 Å². The van der Waals surface area contributed by atoms with Crippen molar-refractivity contribution in [1.82, 2.24) is 5.32 Å². The maximum Gasteiger partial charge on any atom is 0.270 e. The fourth-order valence-electron chi connectivity index (χ4n) is 2.92. The maximum absolute atomic E-state index is 13.9. The Labute approximate surface area is 166 Å². The molecule has 2 aromatic rings. The number of non-ortho nitro benzene ring substituents is 1. The number of nitro benzene ring substituents is 1. The molecule has 1 amide bonds. The van der Waals surface area contributed by atoms with Crippen molar-refractivity contribution in [2.24, 2.45) is 0 Å². The number of nitrogens with one attached hydrogen (secondary N) is 1. The molecule has 1 N–H and O–H groups in total. The number of benzene rings is 2. The lowest BCUT2D eigenvalue weighted by molar-refractivity contribution is -0.385. The highest BCUT2D eigenvalue weighted by atomic mass is 19.1. The number of nitrogens with zero attached hydrogens (tertiary/aromatic N) is 1. The van der Waals surface area contributed by atoms with Crippen LogP contribution in [-0.4, -0.2) is 24.7 Å². The van der Waals surface area contributed by atoms with Crippen molar-refractivity contribution in [2.45, 2.75) is 19.6 Å². The third kappa shape index (κ3) is 4.69. The van der Waals surface area contributed by atoms with Crippen molar-refractivity contribution in [3.63, 3.8) is 0 Å². The van der Waals surface area contributed by atoms with Gasteiger partial charge in [0.1, 0.15) is 5.75 Å². The van der Waals surface area contributed by atoms with Crippen LogP contribution in [0.1, 0.15) is 29.7 Å². The molecule has 0 saturated carbocycles. The van der Waals surface area contributed by atoms with Crippen LogP contribution in [0.5, 0.6) is 11.5 Å². The van der Waals surface area contributed by atoms with Gasteiger partial charge in [0, 0.05) is 29.3 Å². The number of carbonyl (C=O) groups is 1. The lowest BCUT2D eigenvalue weighted by Gasteiger charge is -2.19. The van der Waals surface area contributed by atoms with E-state index >= 15 is 0 Å². The van der Waals surface area contributed by atoms with E-state index in [2.05, 4.69) is 5.32 Å². The van der Waals surface area contributed by atoms with Gasteiger partial charge in [-0.25, -0.2) is 4.39 Å². The van der Waals surface area contributed by atoms with Crippen molar-refractivity contribution in [3.05, 3.63) is 69.0 Å². The number of nitro groups is 1. The maximum atomic E-state index is 13.9. The van der Waals surface area contributed by atoms with Crippen LogP contribution in [0.15, 0.2) is 36.4 Å². The van der Waals surface area contributed by atoms with Gasteiger partial charge in [0.05, 0.1) is 24.7 Å². The van der Waals surface area contributed by atoms with E-state index in [-0.39, 0.29) is 24.8 Å². The summed E-state index contributed by atoms with van der Waals surface area (Å²) in [6.07, 6.45) is 2.68. The number of fused-ring (bicyclic) bond motifs is 1. The molecule has 0 aromatic heterocycles. The van der Waals surface area contributed by atoms with Crippen LogP contribution in [0.4, 0.5) is 10.1 Å². The molecule has 152 valence electrons. The smallest absolute Gasteiger partial charge is 0.270 e. The first-order chi connectivity index (χ1) is 13.9. The van der Waals surface area contributed by atoms with Crippen LogP contribution in [0, 0.1) is 15.9 Å². The number of rotatable bonds is 6. The lowest BCUT2D eigenvalue weighted by Crippen LogP contribution is -2.24. The molecule has 1 atom stereocenters. The molecule has 0 saturated heterocycles. The summed E-state index contributed by atoms with van der Waals surface area (Å²) in [5.41, 5.74) is 1.38. The summed E-state index contributed by atoms with van der Waals surface area (Å²) < 4.78 is 29.3. The van der Waals surface area contributed by atoms with Gasteiger partial charge < -0.3 is 19.5 Å². The standard InChI is InChI=1S/C20H19FN2O6/c1-12(13-3-5-18(27-2)17(21)9-13)22-19(24)6-4-14-7-16(23(25)26)8-15-10-28-11-29-20(14)15/h3-9,12H,10-11H2,1-2H3,(H,22,24)/b6-4+/t12-/m0/s1. The molecule has 0 fully saturated rings. The first-order valence-corrected chi connectivity index (χ1v) is 8.73. The lowest BCUT2D eigenvalue weighted by atomic mass is 10.1. The van der Waals surface area contributed by atoms with Gasteiger partial charge in [0.2, 0.25) is 5.91 Å². The number of carbonyl (C=O) groups excluding carboxylic acids is 1. The van der Waals surface area contributed by atoms with Crippen molar-refractivity contribution in [3.8, 4) is 11.5 Å². The number of hydrogen-bond donors (Lipinski definition) is 1. The molecule has 2 aromatic carbocycles. The van der Waals surface area contributed by atoms with Crippen LogP contribution in [0.2, 0.25) is 0 Å². The third-order valence-electron chi connectivity index (χ3n) is 4.38. The highest BCUT2D eigenvalue weighted by Gasteiger charge is 2.20. The minimum atomic E-state index is -0.524. The average molecular weight is 402 g/mol. The number of halogens is 1. The summed E-state index contributed by atoms with van der Waals surface area (Å²) in [4.78, 5) is 22.9. The van der Waals surface area contributed by atoms with Crippen molar-refractivity contribution in [2.75, 3.05) is 13.9 Å². The van der Waals surface area contributed by atoms with Crippen LogP contribution < -0.4 is 14.8 Å². The molecular formula is C20H19FN2O6. The fraction of sp³-hybridized carbons (Fsp3) is 0.250. The van der Waals surface area contributed by atoms with Gasteiger partial charge in [-0.05, 0) is 30.7 Å². The Morgan fingerprint density at radius 2 is 2.17 bits per heavy atom. The Morgan fingerprint density at radius 1 is 1.38 bits per heavy atom. The molecule has 9 heteroatoms. The van der Waals surface area contributed by atoms with Gasteiger partial charge in [-0.1, -0.05) is 6.07 Å². The van der Waals surface area contributed by atoms with E-state index in [4.69, 9.17) is 14.2 Å². The van der Waals surface area contributed by atoms with E-state index in [0.717, 1.165) is 0 Å². The van der Waals surface area contributed by atoms with Crippen LogP contribution in [0.3, 0.4) is 0 Å². The zero-order valence-corrected chi connectivity index (χ0v) is 15.8. The van der Waals surface area contributed by atoms with E-state index in [1.165, 1.54) is 43.5 Å². The molecule has 8 nitrogen and oxygen atoms in total. The summed E-state index contributed by atoms with van der Waals surface area (Å²) in [6.45, 7) is 1.92. The zero-order valence-electron chi connectivity index (χ0n) is 15.8.